The Bertz CT molecular complexity index is 777. The highest BCUT2D eigenvalue weighted by atomic mass is 35.5. The van der Waals surface area contributed by atoms with Gasteiger partial charge in [-0.2, -0.15) is 0 Å². The molecule has 2 amide bonds. The molecule has 0 heterocycles. The van der Waals surface area contributed by atoms with Crippen molar-refractivity contribution in [2.45, 2.75) is 25.9 Å². The van der Waals surface area contributed by atoms with E-state index in [9.17, 15) is 9.59 Å². The molecule has 0 unspecified atom stereocenters. The van der Waals surface area contributed by atoms with Gasteiger partial charge in [0.05, 0.1) is 6.54 Å². The van der Waals surface area contributed by atoms with E-state index in [1.54, 1.807) is 30.1 Å². The Balaban J connectivity index is 2.24. The number of carbonyl (C=O) groups excluding carboxylic acids is 2. The summed E-state index contributed by atoms with van der Waals surface area (Å²) in [6, 6.07) is 13.5. The number of benzene rings is 2. The number of hydrogen-bond acceptors (Lipinski definition) is 3. The van der Waals surface area contributed by atoms with Crippen molar-refractivity contribution in [2.24, 2.45) is 0 Å². The molecule has 2 N–H and O–H groups in total. The lowest BCUT2D eigenvalue weighted by Gasteiger charge is -2.27. The lowest BCUT2D eigenvalue weighted by Crippen LogP contribution is -2.43. The first kappa shape index (κ1) is 21.2. The molecule has 2 aromatic rings. The van der Waals surface area contributed by atoms with E-state index in [1.807, 2.05) is 44.2 Å². The van der Waals surface area contributed by atoms with Crippen LogP contribution >= 0.6 is 23.2 Å². The topological polar surface area (TPSA) is 61.4 Å². The van der Waals surface area contributed by atoms with E-state index in [-0.39, 0.29) is 24.4 Å². The molecule has 5 nitrogen and oxygen atoms in total. The second-order valence-electron chi connectivity index (χ2n) is 6.60. The number of carbonyl (C=O) groups is 2. The normalized spacial score (nSPS) is 12.1. The van der Waals surface area contributed by atoms with Crippen LogP contribution in [0.2, 0.25) is 10.0 Å². The fourth-order valence-electron chi connectivity index (χ4n) is 2.76. The van der Waals surface area contributed by atoms with Crippen LogP contribution in [-0.2, 0) is 9.59 Å². The number of hydrogen-bond donors (Lipinski definition) is 2. The summed E-state index contributed by atoms with van der Waals surface area (Å²) < 4.78 is 0. The number of halogens is 2. The van der Waals surface area contributed by atoms with E-state index in [2.05, 4.69) is 10.6 Å². The third-order valence-corrected chi connectivity index (χ3v) is 4.21. The van der Waals surface area contributed by atoms with E-state index in [0.29, 0.717) is 15.7 Å². The van der Waals surface area contributed by atoms with E-state index in [4.69, 9.17) is 23.2 Å². The van der Waals surface area contributed by atoms with Gasteiger partial charge in [-0.15, -0.1) is 0 Å². The molecule has 0 radical (unpaired) electrons. The maximum Gasteiger partial charge on any atom is 0.246 e. The molecule has 0 aliphatic heterocycles. The van der Waals surface area contributed by atoms with Crippen molar-refractivity contribution in [3.63, 3.8) is 0 Å². The molecule has 1 atom stereocenters. The summed E-state index contributed by atoms with van der Waals surface area (Å²) in [5, 5.41) is 6.53. The van der Waals surface area contributed by atoms with Gasteiger partial charge in [0.15, 0.2) is 0 Å². The van der Waals surface area contributed by atoms with Gasteiger partial charge in [0.1, 0.15) is 6.04 Å². The van der Waals surface area contributed by atoms with E-state index >= 15 is 0 Å². The number of nitrogens with one attached hydrogen (secondary N) is 2. The Morgan fingerprint density at radius 1 is 1.04 bits per heavy atom. The smallest absolute Gasteiger partial charge is 0.246 e. The number of nitrogens with zero attached hydrogens (tertiary/aromatic N) is 1. The largest absolute Gasteiger partial charge is 0.353 e. The summed E-state index contributed by atoms with van der Waals surface area (Å²) in [5.41, 5.74) is 1.28. The average Bonchev–Trinajstić information content (AvgIpc) is 2.53. The molecule has 0 saturated carbocycles. The third-order valence-electron chi connectivity index (χ3n) is 3.78. The zero-order valence-corrected chi connectivity index (χ0v) is 17.0. The standard InChI is InChI=1S/C20H23Cl2N3O2/c1-13(2)23-18(26)12-25(3)19(14-7-5-4-6-8-14)20(27)24-17-10-15(21)9-16(22)11-17/h4-11,13,19H,12H2,1-3H3,(H,23,26)(H,24,27)/t19-/m1/s1. The number of likely N-dealkylation sites (N-methyl/N-ethyl adjacent to an activating group) is 1. The Labute approximate surface area is 169 Å². The van der Waals surface area contributed by atoms with Crippen LogP contribution in [0, 0.1) is 0 Å². The minimum Gasteiger partial charge on any atom is -0.353 e. The van der Waals surface area contributed by atoms with E-state index < -0.39 is 6.04 Å². The Hall–Kier alpha value is -2.08. The molecule has 0 aliphatic rings. The quantitative estimate of drug-likeness (QED) is 0.724. The first-order chi connectivity index (χ1) is 12.8. The van der Waals surface area contributed by atoms with Crippen molar-refractivity contribution in [3.8, 4) is 0 Å². The predicted octanol–water partition coefficient (Wildman–Crippen LogP) is 4.13. The van der Waals surface area contributed by atoms with Gasteiger partial charge in [0.2, 0.25) is 11.8 Å². The van der Waals surface area contributed by atoms with Gasteiger partial charge in [-0.1, -0.05) is 53.5 Å². The van der Waals surface area contributed by atoms with Crippen LogP contribution in [0.5, 0.6) is 0 Å². The van der Waals surface area contributed by atoms with Crippen molar-refractivity contribution >= 4 is 40.7 Å². The Morgan fingerprint density at radius 3 is 2.19 bits per heavy atom. The summed E-state index contributed by atoms with van der Waals surface area (Å²) >= 11 is 12.0. The summed E-state index contributed by atoms with van der Waals surface area (Å²) in [4.78, 5) is 26.9. The van der Waals surface area contributed by atoms with Gasteiger partial charge in [-0.25, -0.2) is 0 Å². The fourth-order valence-corrected chi connectivity index (χ4v) is 3.29. The predicted molar refractivity (Wildman–Crippen MR) is 110 cm³/mol. The molecular formula is C20H23Cl2N3O2. The SMILES string of the molecule is CC(C)NC(=O)CN(C)[C@@H](C(=O)Nc1cc(Cl)cc(Cl)c1)c1ccccc1. The fraction of sp³-hybridized carbons (Fsp3) is 0.300. The third kappa shape index (κ3) is 6.54. The monoisotopic (exact) mass is 407 g/mol. The van der Waals surface area contributed by atoms with Gasteiger partial charge in [-0.3, -0.25) is 14.5 Å². The highest BCUT2D eigenvalue weighted by Gasteiger charge is 2.27. The molecule has 2 aromatic carbocycles. The number of amides is 2. The summed E-state index contributed by atoms with van der Waals surface area (Å²) in [6.07, 6.45) is 0. The second-order valence-corrected chi connectivity index (χ2v) is 7.47. The lowest BCUT2D eigenvalue weighted by atomic mass is 10.0. The van der Waals surface area contributed by atoms with Gasteiger partial charge in [0, 0.05) is 21.8 Å². The van der Waals surface area contributed by atoms with Crippen molar-refractivity contribution in [1.82, 2.24) is 10.2 Å². The van der Waals surface area contributed by atoms with Crippen molar-refractivity contribution < 1.29 is 9.59 Å². The van der Waals surface area contributed by atoms with Crippen LogP contribution < -0.4 is 10.6 Å². The molecule has 27 heavy (non-hydrogen) atoms. The Kier molecular flexibility index (Phi) is 7.66. The molecular weight excluding hydrogens is 385 g/mol. The summed E-state index contributed by atoms with van der Waals surface area (Å²) in [6.45, 7) is 3.87. The number of rotatable bonds is 7. The maximum absolute atomic E-state index is 13.0. The minimum absolute atomic E-state index is 0.0310. The van der Waals surface area contributed by atoms with Crippen LogP contribution in [0.4, 0.5) is 5.69 Å². The molecule has 0 saturated heterocycles. The average molecular weight is 408 g/mol. The highest BCUT2D eigenvalue weighted by Crippen LogP contribution is 2.25. The molecule has 0 aliphatic carbocycles. The van der Waals surface area contributed by atoms with Gasteiger partial charge in [-0.05, 0) is 44.7 Å². The molecule has 0 bridgehead atoms. The van der Waals surface area contributed by atoms with Gasteiger partial charge < -0.3 is 10.6 Å². The van der Waals surface area contributed by atoms with Gasteiger partial charge in [0.25, 0.3) is 0 Å². The number of anilines is 1. The van der Waals surface area contributed by atoms with Crippen LogP contribution in [0.1, 0.15) is 25.5 Å². The Morgan fingerprint density at radius 2 is 1.63 bits per heavy atom. The molecule has 7 heteroatoms. The van der Waals surface area contributed by atoms with Crippen LogP contribution in [0.3, 0.4) is 0 Å². The minimum atomic E-state index is -0.651. The van der Waals surface area contributed by atoms with E-state index in [0.717, 1.165) is 5.56 Å². The van der Waals surface area contributed by atoms with Crippen LogP contribution in [-0.4, -0.2) is 36.3 Å². The highest BCUT2D eigenvalue weighted by molar-refractivity contribution is 6.35. The van der Waals surface area contributed by atoms with Crippen molar-refractivity contribution in [1.29, 1.82) is 0 Å². The van der Waals surface area contributed by atoms with Crippen LogP contribution in [0.25, 0.3) is 0 Å². The molecule has 2 rings (SSSR count). The van der Waals surface area contributed by atoms with Crippen LogP contribution in [0.15, 0.2) is 48.5 Å². The van der Waals surface area contributed by atoms with Gasteiger partial charge >= 0.3 is 0 Å². The molecule has 144 valence electrons. The molecule has 0 spiro atoms. The lowest BCUT2D eigenvalue weighted by molar-refractivity contribution is -0.125. The summed E-state index contributed by atoms with van der Waals surface area (Å²) in [7, 11) is 1.74. The zero-order valence-electron chi connectivity index (χ0n) is 15.5. The first-order valence-electron chi connectivity index (χ1n) is 8.57. The summed E-state index contributed by atoms with van der Waals surface area (Å²) in [5.74, 6) is -0.425. The first-order valence-corrected chi connectivity index (χ1v) is 9.33. The van der Waals surface area contributed by atoms with Crippen molar-refractivity contribution in [3.05, 3.63) is 64.1 Å². The molecule has 0 aromatic heterocycles. The zero-order chi connectivity index (χ0) is 20.0. The van der Waals surface area contributed by atoms with E-state index in [1.165, 1.54) is 0 Å². The van der Waals surface area contributed by atoms with Crippen molar-refractivity contribution in [2.75, 3.05) is 18.9 Å². The molecule has 0 fully saturated rings. The maximum atomic E-state index is 13.0. The second kappa shape index (κ2) is 9.74.